The molecule has 0 atom stereocenters. The van der Waals surface area contributed by atoms with E-state index in [2.05, 4.69) is 19.1 Å². The molecule has 0 N–H and O–H groups in total. The Labute approximate surface area is 113 Å². The summed E-state index contributed by atoms with van der Waals surface area (Å²) in [5, 5.41) is 0. The van der Waals surface area contributed by atoms with Crippen LogP contribution in [0, 0.1) is 0 Å². The summed E-state index contributed by atoms with van der Waals surface area (Å²) in [6, 6.07) is 16.1. The highest BCUT2D eigenvalue weighted by atomic mass is 35.5. The fraction of sp³-hybridized carbons (Fsp3) is 0.250. The second-order valence-corrected chi connectivity index (χ2v) is 4.50. The van der Waals surface area contributed by atoms with Gasteiger partial charge in [0.1, 0.15) is 11.5 Å². The molecule has 0 radical (unpaired) electrons. The van der Waals surface area contributed by atoms with Crippen LogP contribution in [0.5, 0.6) is 11.5 Å². The minimum Gasteiger partial charge on any atom is -0.457 e. The maximum atomic E-state index is 5.88. The number of aryl methyl sites for hydroxylation is 1. The van der Waals surface area contributed by atoms with Crippen molar-refractivity contribution in [3.8, 4) is 11.5 Å². The Bertz CT molecular complexity index is 491. The molecular formula is C16H17ClO. The Kier molecular flexibility index (Phi) is 4.66. The molecule has 18 heavy (non-hydrogen) atoms. The first-order valence-corrected chi connectivity index (χ1v) is 6.77. The molecule has 0 spiro atoms. The van der Waals surface area contributed by atoms with Crippen LogP contribution >= 0.6 is 11.6 Å². The number of rotatable bonds is 5. The van der Waals surface area contributed by atoms with E-state index in [4.69, 9.17) is 16.3 Å². The van der Waals surface area contributed by atoms with Crippen LogP contribution in [0.3, 0.4) is 0 Å². The Morgan fingerprint density at radius 2 is 1.72 bits per heavy atom. The molecule has 0 aliphatic rings. The molecule has 0 heterocycles. The highest BCUT2D eigenvalue weighted by molar-refractivity contribution is 6.17. The van der Waals surface area contributed by atoms with Gasteiger partial charge in [-0.3, -0.25) is 0 Å². The van der Waals surface area contributed by atoms with Crippen molar-refractivity contribution in [2.24, 2.45) is 0 Å². The molecule has 0 saturated carbocycles. The zero-order valence-corrected chi connectivity index (χ0v) is 11.3. The summed E-state index contributed by atoms with van der Waals surface area (Å²) in [6.07, 6.45) is 2.27. The van der Waals surface area contributed by atoms with E-state index in [1.165, 1.54) is 5.56 Å². The lowest BCUT2D eigenvalue weighted by Gasteiger charge is -2.09. The number of ether oxygens (including phenoxy) is 1. The van der Waals surface area contributed by atoms with Crippen molar-refractivity contribution in [1.29, 1.82) is 0 Å². The van der Waals surface area contributed by atoms with Gasteiger partial charge in [-0.15, -0.1) is 11.6 Å². The van der Waals surface area contributed by atoms with E-state index in [0.29, 0.717) is 5.88 Å². The van der Waals surface area contributed by atoms with Crippen molar-refractivity contribution >= 4 is 11.6 Å². The highest BCUT2D eigenvalue weighted by Gasteiger charge is 2.03. The zero-order chi connectivity index (χ0) is 12.8. The molecule has 0 aliphatic carbocycles. The molecule has 0 bridgehead atoms. The lowest BCUT2D eigenvalue weighted by molar-refractivity contribution is 0.478. The van der Waals surface area contributed by atoms with E-state index >= 15 is 0 Å². The minimum atomic E-state index is 0.462. The summed E-state index contributed by atoms with van der Waals surface area (Å²) in [7, 11) is 0. The Balaban J connectivity index is 2.13. The van der Waals surface area contributed by atoms with Crippen molar-refractivity contribution in [1.82, 2.24) is 0 Å². The van der Waals surface area contributed by atoms with Crippen molar-refractivity contribution < 1.29 is 4.74 Å². The number of para-hydroxylation sites is 1. The summed E-state index contributed by atoms with van der Waals surface area (Å²) in [5.74, 6) is 2.15. The molecule has 0 aliphatic heterocycles. The molecule has 0 saturated heterocycles. The molecule has 0 aromatic heterocycles. The third-order valence-corrected chi connectivity index (χ3v) is 3.09. The first-order chi connectivity index (χ1) is 8.83. The van der Waals surface area contributed by atoms with Gasteiger partial charge in [-0.2, -0.15) is 0 Å². The number of hydrogen-bond donors (Lipinski definition) is 0. The van der Waals surface area contributed by atoms with Gasteiger partial charge >= 0.3 is 0 Å². The number of halogens is 1. The summed E-state index contributed by atoms with van der Waals surface area (Å²) in [6.45, 7) is 2.18. The standard InChI is InChI=1S/C16H17ClO/c1-2-5-13-8-10-15(11-9-13)18-16-7-4-3-6-14(16)12-17/h3-4,6-11H,2,5,12H2,1H3. The molecule has 0 fully saturated rings. The van der Waals surface area contributed by atoms with Gasteiger partial charge in [0.05, 0.1) is 5.88 Å². The maximum absolute atomic E-state index is 5.88. The largest absolute Gasteiger partial charge is 0.457 e. The fourth-order valence-corrected chi connectivity index (χ4v) is 2.07. The van der Waals surface area contributed by atoms with Crippen molar-refractivity contribution in [2.75, 3.05) is 0 Å². The smallest absolute Gasteiger partial charge is 0.131 e. The number of hydrogen-bond acceptors (Lipinski definition) is 1. The SMILES string of the molecule is CCCc1ccc(Oc2ccccc2CCl)cc1. The van der Waals surface area contributed by atoms with Crippen LogP contribution in [0.2, 0.25) is 0 Å². The van der Waals surface area contributed by atoms with Gasteiger partial charge in [0.15, 0.2) is 0 Å². The van der Waals surface area contributed by atoms with E-state index in [1.54, 1.807) is 0 Å². The summed E-state index contributed by atoms with van der Waals surface area (Å²) in [5.41, 5.74) is 2.35. The van der Waals surface area contributed by atoms with Gasteiger partial charge in [0.2, 0.25) is 0 Å². The van der Waals surface area contributed by atoms with Crippen molar-refractivity contribution in [3.63, 3.8) is 0 Å². The highest BCUT2D eigenvalue weighted by Crippen LogP contribution is 2.26. The molecule has 2 heteroatoms. The first-order valence-electron chi connectivity index (χ1n) is 6.24. The van der Waals surface area contributed by atoms with Crippen LogP contribution < -0.4 is 4.74 Å². The third-order valence-electron chi connectivity index (χ3n) is 2.81. The first kappa shape index (κ1) is 13.0. The predicted octanol–water partition coefficient (Wildman–Crippen LogP) is 5.17. The van der Waals surface area contributed by atoms with Crippen molar-refractivity contribution in [3.05, 3.63) is 59.7 Å². The van der Waals surface area contributed by atoms with Crippen LogP contribution in [0.25, 0.3) is 0 Å². The normalized spacial score (nSPS) is 10.3. The lowest BCUT2D eigenvalue weighted by Crippen LogP contribution is -1.90. The lowest BCUT2D eigenvalue weighted by atomic mass is 10.1. The third kappa shape index (κ3) is 3.27. The van der Waals surface area contributed by atoms with E-state index in [1.807, 2.05) is 36.4 Å². The molecule has 2 aromatic rings. The molecule has 0 unspecified atom stereocenters. The minimum absolute atomic E-state index is 0.462. The van der Waals surface area contributed by atoms with E-state index in [9.17, 15) is 0 Å². The molecule has 1 nitrogen and oxygen atoms in total. The van der Waals surface area contributed by atoms with Crippen LogP contribution in [0.15, 0.2) is 48.5 Å². The number of benzene rings is 2. The molecule has 2 aromatic carbocycles. The van der Waals surface area contributed by atoms with Gasteiger partial charge in [0, 0.05) is 5.56 Å². The van der Waals surface area contributed by atoms with Crippen LogP contribution in [0.4, 0.5) is 0 Å². The summed E-state index contributed by atoms with van der Waals surface area (Å²) >= 11 is 5.88. The Morgan fingerprint density at radius 3 is 2.39 bits per heavy atom. The second-order valence-electron chi connectivity index (χ2n) is 4.24. The van der Waals surface area contributed by atoms with E-state index < -0.39 is 0 Å². The predicted molar refractivity (Wildman–Crippen MR) is 76.5 cm³/mol. The zero-order valence-electron chi connectivity index (χ0n) is 10.5. The molecule has 94 valence electrons. The molecule has 0 amide bonds. The Morgan fingerprint density at radius 1 is 1.00 bits per heavy atom. The van der Waals surface area contributed by atoms with Crippen molar-refractivity contribution in [2.45, 2.75) is 25.6 Å². The molecule has 2 rings (SSSR count). The van der Waals surface area contributed by atoms with Gasteiger partial charge in [-0.1, -0.05) is 43.7 Å². The quantitative estimate of drug-likeness (QED) is 0.674. The topological polar surface area (TPSA) is 9.23 Å². The second kappa shape index (κ2) is 6.46. The fourth-order valence-electron chi connectivity index (χ4n) is 1.85. The van der Waals surface area contributed by atoms with Gasteiger partial charge in [-0.25, -0.2) is 0 Å². The monoisotopic (exact) mass is 260 g/mol. The van der Waals surface area contributed by atoms with Gasteiger partial charge in [-0.05, 0) is 30.2 Å². The van der Waals surface area contributed by atoms with Crippen LogP contribution in [-0.4, -0.2) is 0 Å². The number of alkyl halides is 1. The average molecular weight is 261 g/mol. The van der Waals surface area contributed by atoms with Crippen LogP contribution in [0.1, 0.15) is 24.5 Å². The summed E-state index contributed by atoms with van der Waals surface area (Å²) in [4.78, 5) is 0. The average Bonchev–Trinajstić information content (AvgIpc) is 2.42. The maximum Gasteiger partial charge on any atom is 0.131 e. The van der Waals surface area contributed by atoms with E-state index in [-0.39, 0.29) is 0 Å². The van der Waals surface area contributed by atoms with Gasteiger partial charge in [0.25, 0.3) is 0 Å². The summed E-state index contributed by atoms with van der Waals surface area (Å²) < 4.78 is 5.85. The Hall–Kier alpha value is -1.47. The molecular weight excluding hydrogens is 244 g/mol. The van der Waals surface area contributed by atoms with E-state index in [0.717, 1.165) is 29.9 Å². The van der Waals surface area contributed by atoms with Gasteiger partial charge < -0.3 is 4.74 Å². The van der Waals surface area contributed by atoms with Crippen LogP contribution in [-0.2, 0) is 12.3 Å².